The minimum absolute atomic E-state index is 0.140. The van der Waals surface area contributed by atoms with Gasteiger partial charge in [0.2, 0.25) is 11.8 Å². The fourth-order valence-corrected chi connectivity index (χ4v) is 2.92. The molecular formula is C17H30N4O4S. The fraction of sp³-hybridized carbons (Fsp3) is 0.765. The summed E-state index contributed by atoms with van der Waals surface area (Å²) in [5.41, 5.74) is 5.99. The number of carboxylic acid groups (broad SMARTS) is 1. The van der Waals surface area contributed by atoms with E-state index >= 15 is 0 Å². The predicted octanol–water partition coefficient (Wildman–Crippen LogP) is 1.95. The SMILES string of the molecule is CC(=O)O.CSC(C)(C)[C@H](N)C(=O)NCCc1noc(C2CCCC2)n1. The van der Waals surface area contributed by atoms with Crippen molar-refractivity contribution in [3.63, 3.8) is 0 Å². The second kappa shape index (κ2) is 10.5. The summed E-state index contributed by atoms with van der Waals surface area (Å²) in [6.07, 6.45) is 7.27. The monoisotopic (exact) mass is 386 g/mol. The Labute approximate surface area is 158 Å². The number of aliphatic carboxylic acids is 1. The van der Waals surface area contributed by atoms with Gasteiger partial charge in [-0.2, -0.15) is 16.7 Å². The van der Waals surface area contributed by atoms with E-state index in [0.717, 1.165) is 25.7 Å². The highest BCUT2D eigenvalue weighted by molar-refractivity contribution is 8.00. The first kappa shape index (κ1) is 22.4. The van der Waals surface area contributed by atoms with Crippen molar-refractivity contribution in [3.05, 3.63) is 11.7 Å². The van der Waals surface area contributed by atoms with Crippen molar-refractivity contribution in [2.45, 2.75) is 69.6 Å². The number of nitrogens with two attached hydrogens (primary N) is 1. The summed E-state index contributed by atoms with van der Waals surface area (Å²) >= 11 is 1.59. The molecule has 148 valence electrons. The molecule has 1 fully saturated rings. The van der Waals surface area contributed by atoms with Gasteiger partial charge in [0.05, 0.1) is 6.04 Å². The maximum atomic E-state index is 12.0. The van der Waals surface area contributed by atoms with Gasteiger partial charge in [-0.25, -0.2) is 0 Å². The third kappa shape index (κ3) is 7.33. The number of carbonyl (C=O) groups is 2. The molecule has 4 N–H and O–H groups in total. The molecule has 2 rings (SSSR count). The smallest absolute Gasteiger partial charge is 0.300 e. The van der Waals surface area contributed by atoms with E-state index in [4.69, 9.17) is 20.2 Å². The van der Waals surface area contributed by atoms with Crippen LogP contribution in [0.5, 0.6) is 0 Å². The van der Waals surface area contributed by atoms with Gasteiger partial charge >= 0.3 is 0 Å². The Kier molecular flexibility index (Phi) is 9.07. The lowest BCUT2D eigenvalue weighted by Crippen LogP contribution is -2.52. The number of amides is 1. The Morgan fingerprint density at radius 1 is 1.42 bits per heavy atom. The Morgan fingerprint density at radius 2 is 2.00 bits per heavy atom. The molecule has 0 aromatic carbocycles. The number of carbonyl (C=O) groups excluding carboxylic acids is 1. The molecule has 9 heteroatoms. The van der Waals surface area contributed by atoms with E-state index in [2.05, 4.69) is 15.5 Å². The Bertz CT molecular complexity index is 581. The highest BCUT2D eigenvalue weighted by atomic mass is 32.2. The summed E-state index contributed by atoms with van der Waals surface area (Å²) in [6, 6.07) is -0.540. The lowest BCUT2D eigenvalue weighted by molar-refractivity contribution is -0.134. The van der Waals surface area contributed by atoms with Crippen LogP contribution in [0.25, 0.3) is 0 Å². The molecular weight excluding hydrogens is 356 g/mol. The zero-order valence-corrected chi connectivity index (χ0v) is 16.8. The van der Waals surface area contributed by atoms with Crippen molar-refractivity contribution < 1.29 is 19.2 Å². The molecule has 1 aromatic rings. The first-order valence-corrected chi connectivity index (χ1v) is 10.00. The van der Waals surface area contributed by atoms with Gasteiger partial charge in [-0.15, -0.1) is 0 Å². The van der Waals surface area contributed by atoms with Crippen LogP contribution < -0.4 is 11.1 Å². The van der Waals surface area contributed by atoms with Crippen LogP contribution >= 0.6 is 11.8 Å². The predicted molar refractivity (Wildman–Crippen MR) is 101 cm³/mol. The maximum Gasteiger partial charge on any atom is 0.300 e. The summed E-state index contributed by atoms with van der Waals surface area (Å²) in [4.78, 5) is 25.5. The third-order valence-corrected chi connectivity index (χ3v) is 5.70. The van der Waals surface area contributed by atoms with Gasteiger partial charge in [-0.3, -0.25) is 9.59 Å². The number of rotatable bonds is 7. The van der Waals surface area contributed by atoms with E-state index < -0.39 is 12.0 Å². The fourth-order valence-electron chi connectivity index (χ4n) is 2.56. The summed E-state index contributed by atoms with van der Waals surface area (Å²) in [5.74, 6) is 0.851. The van der Waals surface area contributed by atoms with Crippen LogP contribution in [0.4, 0.5) is 0 Å². The van der Waals surface area contributed by atoms with Crippen LogP contribution in [-0.2, 0) is 16.0 Å². The van der Waals surface area contributed by atoms with Crippen molar-refractivity contribution in [2.75, 3.05) is 12.8 Å². The summed E-state index contributed by atoms with van der Waals surface area (Å²) in [7, 11) is 0. The molecule has 0 radical (unpaired) electrons. The minimum Gasteiger partial charge on any atom is -0.481 e. The number of carboxylic acids is 1. The van der Waals surface area contributed by atoms with Crippen molar-refractivity contribution in [1.29, 1.82) is 0 Å². The van der Waals surface area contributed by atoms with Gasteiger partial charge in [0.1, 0.15) is 0 Å². The number of nitrogens with zero attached hydrogens (tertiary/aromatic N) is 2. The van der Waals surface area contributed by atoms with Gasteiger partial charge in [-0.05, 0) is 32.9 Å². The average Bonchev–Trinajstić information content (AvgIpc) is 3.24. The van der Waals surface area contributed by atoms with Crippen LogP contribution in [0.15, 0.2) is 4.52 Å². The number of thioether (sulfide) groups is 1. The third-order valence-electron chi connectivity index (χ3n) is 4.39. The van der Waals surface area contributed by atoms with E-state index in [0.29, 0.717) is 24.7 Å². The van der Waals surface area contributed by atoms with Crippen molar-refractivity contribution >= 4 is 23.6 Å². The molecule has 0 unspecified atom stereocenters. The largest absolute Gasteiger partial charge is 0.481 e. The van der Waals surface area contributed by atoms with Gasteiger partial charge in [0.25, 0.3) is 5.97 Å². The van der Waals surface area contributed by atoms with Crippen LogP contribution in [-0.4, -0.2) is 50.7 Å². The topological polar surface area (TPSA) is 131 Å². The minimum atomic E-state index is -0.833. The highest BCUT2D eigenvalue weighted by Crippen LogP contribution is 2.32. The van der Waals surface area contributed by atoms with Gasteiger partial charge in [-0.1, -0.05) is 18.0 Å². The van der Waals surface area contributed by atoms with E-state index in [1.54, 1.807) is 11.8 Å². The molecule has 1 aliphatic carbocycles. The summed E-state index contributed by atoms with van der Waals surface area (Å²) < 4.78 is 5.04. The lowest BCUT2D eigenvalue weighted by Gasteiger charge is -2.28. The zero-order chi connectivity index (χ0) is 19.7. The molecule has 0 saturated heterocycles. The Morgan fingerprint density at radius 3 is 2.54 bits per heavy atom. The Balaban J connectivity index is 0.000000765. The van der Waals surface area contributed by atoms with Crippen LogP contribution in [0.1, 0.15) is 64.1 Å². The molecule has 1 heterocycles. The number of aromatic nitrogens is 2. The average molecular weight is 387 g/mol. The van der Waals surface area contributed by atoms with Crippen LogP contribution in [0.3, 0.4) is 0 Å². The molecule has 1 amide bonds. The summed E-state index contributed by atoms with van der Waals surface area (Å²) in [6.45, 7) is 5.49. The van der Waals surface area contributed by atoms with Crippen LogP contribution in [0.2, 0.25) is 0 Å². The highest BCUT2D eigenvalue weighted by Gasteiger charge is 2.31. The lowest BCUT2D eigenvalue weighted by atomic mass is 10.0. The van der Waals surface area contributed by atoms with Crippen molar-refractivity contribution in [3.8, 4) is 0 Å². The molecule has 8 nitrogen and oxygen atoms in total. The molecule has 0 spiro atoms. The number of nitrogens with one attached hydrogen (secondary N) is 1. The maximum absolute atomic E-state index is 12.0. The second-order valence-corrected chi connectivity index (χ2v) is 8.34. The van der Waals surface area contributed by atoms with Gasteiger partial charge in [0, 0.05) is 30.6 Å². The number of hydrogen-bond acceptors (Lipinski definition) is 7. The zero-order valence-electron chi connectivity index (χ0n) is 15.9. The normalized spacial score (nSPS) is 15.9. The van der Waals surface area contributed by atoms with Crippen molar-refractivity contribution in [2.24, 2.45) is 5.73 Å². The Hall–Kier alpha value is -1.61. The summed E-state index contributed by atoms with van der Waals surface area (Å²) in [5, 5.41) is 14.3. The van der Waals surface area contributed by atoms with Crippen molar-refractivity contribution in [1.82, 2.24) is 15.5 Å². The molecule has 1 aliphatic rings. The molecule has 1 aromatic heterocycles. The number of hydrogen-bond donors (Lipinski definition) is 3. The van der Waals surface area contributed by atoms with E-state index in [-0.39, 0.29) is 10.7 Å². The molecule has 1 atom stereocenters. The van der Waals surface area contributed by atoms with Crippen LogP contribution in [0, 0.1) is 0 Å². The molecule has 1 saturated carbocycles. The molecule has 26 heavy (non-hydrogen) atoms. The first-order chi connectivity index (χ1) is 12.2. The molecule has 0 aliphatic heterocycles. The quantitative estimate of drug-likeness (QED) is 0.648. The van der Waals surface area contributed by atoms with E-state index in [1.165, 1.54) is 12.8 Å². The van der Waals surface area contributed by atoms with E-state index in [1.807, 2.05) is 20.1 Å². The molecule has 0 bridgehead atoms. The first-order valence-electron chi connectivity index (χ1n) is 8.77. The second-order valence-electron chi connectivity index (χ2n) is 6.88. The van der Waals surface area contributed by atoms with Gasteiger partial charge in [0.15, 0.2) is 5.82 Å². The van der Waals surface area contributed by atoms with E-state index in [9.17, 15) is 4.79 Å². The van der Waals surface area contributed by atoms with Gasteiger partial charge < -0.3 is 20.7 Å². The standard InChI is InChI=1S/C15H26N4O2S.C2H4O2/c1-15(2,22-3)12(16)13(20)17-9-8-11-18-14(21-19-11)10-6-4-5-7-10;1-2(3)4/h10,12H,4-9,16H2,1-3H3,(H,17,20);1H3,(H,3,4)/t12-;/m1./s1.